The molecule has 2 fully saturated rings. The summed E-state index contributed by atoms with van der Waals surface area (Å²) in [7, 11) is 0. The lowest BCUT2D eigenvalue weighted by molar-refractivity contribution is -0.132. The van der Waals surface area contributed by atoms with E-state index in [0.29, 0.717) is 11.8 Å². The lowest BCUT2D eigenvalue weighted by Gasteiger charge is -2.37. The molecule has 0 atom stereocenters. The summed E-state index contributed by atoms with van der Waals surface area (Å²) in [6.07, 6.45) is 7.33. The van der Waals surface area contributed by atoms with Gasteiger partial charge in [0.05, 0.1) is 5.69 Å². The SMILES string of the molecule is Cc1ccccc1C1=Cc2c(N3CCN(C(=O)C4CC4)CC3)ccnc2C1. The number of carbonyl (C=O) groups is 1. The Labute approximate surface area is 160 Å². The van der Waals surface area contributed by atoms with Gasteiger partial charge in [0, 0.05) is 56.0 Å². The van der Waals surface area contributed by atoms with E-state index in [2.05, 4.69) is 58.1 Å². The molecule has 1 aliphatic heterocycles. The van der Waals surface area contributed by atoms with E-state index < -0.39 is 0 Å². The van der Waals surface area contributed by atoms with Crippen molar-refractivity contribution in [1.29, 1.82) is 0 Å². The molecule has 4 heteroatoms. The first-order valence-corrected chi connectivity index (χ1v) is 9.99. The molecular weight excluding hydrogens is 334 g/mol. The van der Waals surface area contributed by atoms with Gasteiger partial charge in [-0.2, -0.15) is 0 Å². The molecule has 0 unspecified atom stereocenters. The third kappa shape index (κ3) is 3.03. The minimum absolute atomic E-state index is 0.321. The van der Waals surface area contributed by atoms with E-state index in [-0.39, 0.29) is 0 Å². The fourth-order valence-electron chi connectivity index (χ4n) is 4.35. The van der Waals surface area contributed by atoms with Crippen LogP contribution >= 0.6 is 0 Å². The maximum Gasteiger partial charge on any atom is 0.225 e. The topological polar surface area (TPSA) is 36.4 Å². The van der Waals surface area contributed by atoms with Crippen LogP contribution in [0.1, 0.15) is 35.2 Å². The van der Waals surface area contributed by atoms with Gasteiger partial charge in [0.1, 0.15) is 0 Å². The Kier molecular flexibility index (Phi) is 4.00. The number of allylic oxidation sites excluding steroid dienone is 1. The fourth-order valence-corrected chi connectivity index (χ4v) is 4.35. The van der Waals surface area contributed by atoms with Gasteiger partial charge in [0.15, 0.2) is 0 Å². The van der Waals surface area contributed by atoms with Crippen molar-refractivity contribution in [2.75, 3.05) is 31.1 Å². The number of carbonyl (C=O) groups excluding carboxylic acids is 1. The van der Waals surface area contributed by atoms with Crippen molar-refractivity contribution in [3.63, 3.8) is 0 Å². The number of benzene rings is 1. The minimum atomic E-state index is 0.321. The summed E-state index contributed by atoms with van der Waals surface area (Å²) in [6, 6.07) is 10.7. The molecule has 0 spiro atoms. The van der Waals surface area contributed by atoms with Crippen molar-refractivity contribution in [3.8, 4) is 0 Å². The highest BCUT2D eigenvalue weighted by atomic mass is 16.2. The second kappa shape index (κ2) is 6.52. The molecule has 2 aliphatic carbocycles. The number of hydrogen-bond donors (Lipinski definition) is 0. The molecule has 0 radical (unpaired) electrons. The summed E-state index contributed by atoms with van der Waals surface area (Å²) in [5.74, 6) is 0.692. The van der Waals surface area contributed by atoms with Crippen LogP contribution in [0, 0.1) is 12.8 Å². The quantitative estimate of drug-likeness (QED) is 0.841. The normalized spacial score (nSPS) is 19.1. The van der Waals surface area contributed by atoms with E-state index in [4.69, 9.17) is 0 Å². The fraction of sp³-hybridized carbons (Fsp3) is 0.391. The molecule has 1 aromatic heterocycles. The first-order chi connectivity index (χ1) is 13.2. The average molecular weight is 359 g/mol. The molecule has 1 saturated heterocycles. The van der Waals surface area contributed by atoms with Crippen LogP contribution in [0.15, 0.2) is 36.5 Å². The second-order valence-electron chi connectivity index (χ2n) is 7.94. The molecule has 1 saturated carbocycles. The summed E-state index contributed by atoms with van der Waals surface area (Å²) in [5.41, 5.74) is 7.68. The van der Waals surface area contributed by atoms with Crippen molar-refractivity contribution in [1.82, 2.24) is 9.88 Å². The van der Waals surface area contributed by atoms with Crippen LogP contribution in [0.5, 0.6) is 0 Å². The second-order valence-corrected chi connectivity index (χ2v) is 7.94. The van der Waals surface area contributed by atoms with Gasteiger partial charge in [-0.05, 0) is 48.6 Å². The summed E-state index contributed by atoms with van der Waals surface area (Å²) in [6.45, 7) is 5.65. The zero-order valence-corrected chi connectivity index (χ0v) is 15.8. The number of piperazine rings is 1. The van der Waals surface area contributed by atoms with Crippen LogP contribution in [-0.2, 0) is 11.2 Å². The van der Waals surface area contributed by atoms with Crippen molar-refractivity contribution in [2.45, 2.75) is 26.2 Å². The Morgan fingerprint density at radius 3 is 2.59 bits per heavy atom. The average Bonchev–Trinajstić information content (AvgIpc) is 3.46. The Morgan fingerprint density at radius 1 is 1.07 bits per heavy atom. The number of amides is 1. The number of aryl methyl sites for hydroxylation is 1. The van der Waals surface area contributed by atoms with Crippen molar-refractivity contribution < 1.29 is 4.79 Å². The van der Waals surface area contributed by atoms with Gasteiger partial charge in [-0.1, -0.05) is 24.3 Å². The molecule has 0 N–H and O–H groups in total. The minimum Gasteiger partial charge on any atom is -0.367 e. The van der Waals surface area contributed by atoms with E-state index in [1.54, 1.807) is 0 Å². The van der Waals surface area contributed by atoms with Crippen molar-refractivity contribution >= 4 is 23.2 Å². The van der Waals surface area contributed by atoms with Crippen LogP contribution in [0.3, 0.4) is 0 Å². The first kappa shape index (κ1) is 16.5. The number of anilines is 1. The third-order valence-electron chi connectivity index (χ3n) is 6.08. The summed E-state index contributed by atoms with van der Waals surface area (Å²) in [5, 5.41) is 0. The molecule has 4 nitrogen and oxygen atoms in total. The lowest BCUT2D eigenvalue weighted by Crippen LogP contribution is -2.49. The van der Waals surface area contributed by atoms with Crippen LogP contribution < -0.4 is 4.90 Å². The van der Waals surface area contributed by atoms with Crippen LogP contribution in [0.25, 0.3) is 11.6 Å². The highest BCUT2D eigenvalue weighted by molar-refractivity contribution is 5.92. The van der Waals surface area contributed by atoms with Gasteiger partial charge >= 0.3 is 0 Å². The molecule has 138 valence electrons. The van der Waals surface area contributed by atoms with E-state index >= 15 is 0 Å². The Morgan fingerprint density at radius 2 is 1.85 bits per heavy atom. The lowest BCUT2D eigenvalue weighted by atomic mass is 10.00. The molecule has 27 heavy (non-hydrogen) atoms. The zero-order valence-electron chi connectivity index (χ0n) is 15.8. The number of rotatable bonds is 3. The Hall–Kier alpha value is -2.62. The van der Waals surface area contributed by atoms with E-state index in [1.807, 2.05) is 6.20 Å². The highest BCUT2D eigenvalue weighted by Gasteiger charge is 2.35. The maximum absolute atomic E-state index is 12.3. The number of hydrogen-bond acceptors (Lipinski definition) is 3. The van der Waals surface area contributed by atoms with E-state index in [1.165, 1.54) is 33.6 Å². The zero-order chi connectivity index (χ0) is 18.4. The number of fused-ring (bicyclic) bond motifs is 1. The van der Waals surface area contributed by atoms with Gasteiger partial charge in [-0.3, -0.25) is 9.78 Å². The number of nitrogens with zero attached hydrogens (tertiary/aromatic N) is 3. The molecule has 2 aromatic rings. The summed E-state index contributed by atoms with van der Waals surface area (Å²) >= 11 is 0. The predicted octanol–water partition coefficient (Wildman–Crippen LogP) is 3.55. The molecule has 0 bridgehead atoms. The van der Waals surface area contributed by atoms with Crippen LogP contribution in [-0.4, -0.2) is 42.0 Å². The summed E-state index contributed by atoms with van der Waals surface area (Å²) in [4.78, 5) is 21.4. The maximum atomic E-state index is 12.3. The molecule has 3 aliphatic rings. The third-order valence-corrected chi connectivity index (χ3v) is 6.08. The van der Waals surface area contributed by atoms with Crippen LogP contribution in [0.4, 0.5) is 5.69 Å². The van der Waals surface area contributed by atoms with Gasteiger partial charge in [-0.15, -0.1) is 0 Å². The largest absolute Gasteiger partial charge is 0.367 e. The Balaban J connectivity index is 1.38. The number of aromatic nitrogens is 1. The predicted molar refractivity (Wildman–Crippen MR) is 109 cm³/mol. The molecular formula is C23H25N3O. The molecule has 5 rings (SSSR count). The first-order valence-electron chi connectivity index (χ1n) is 9.99. The van der Waals surface area contributed by atoms with Gasteiger partial charge < -0.3 is 9.80 Å². The van der Waals surface area contributed by atoms with Crippen LogP contribution in [0.2, 0.25) is 0 Å². The van der Waals surface area contributed by atoms with E-state index in [9.17, 15) is 4.79 Å². The van der Waals surface area contributed by atoms with Gasteiger partial charge in [0.2, 0.25) is 5.91 Å². The van der Waals surface area contributed by atoms with E-state index in [0.717, 1.165) is 45.4 Å². The van der Waals surface area contributed by atoms with Gasteiger partial charge in [-0.25, -0.2) is 0 Å². The Bertz CT molecular complexity index is 921. The molecule has 2 heterocycles. The van der Waals surface area contributed by atoms with Gasteiger partial charge in [0.25, 0.3) is 0 Å². The standard InChI is InChI=1S/C23H25N3O/c1-16-4-2-3-5-19(16)18-14-20-21(15-18)24-9-8-22(20)25-10-12-26(13-11-25)23(27)17-6-7-17/h2-5,8-9,14,17H,6-7,10-13,15H2,1H3. The number of pyridine rings is 1. The molecule has 1 amide bonds. The van der Waals surface area contributed by atoms with Crippen molar-refractivity contribution in [3.05, 3.63) is 58.9 Å². The highest BCUT2D eigenvalue weighted by Crippen LogP contribution is 2.37. The molecule has 1 aromatic carbocycles. The smallest absolute Gasteiger partial charge is 0.225 e. The van der Waals surface area contributed by atoms with Crippen molar-refractivity contribution in [2.24, 2.45) is 5.92 Å². The summed E-state index contributed by atoms with van der Waals surface area (Å²) < 4.78 is 0. The monoisotopic (exact) mass is 359 g/mol.